The molecule has 0 saturated carbocycles. The van der Waals surface area contributed by atoms with E-state index in [-0.39, 0.29) is 0 Å². The van der Waals surface area contributed by atoms with Gasteiger partial charge >= 0.3 is 0 Å². The summed E-state index contributed by atoms with van der Waals surface area (Å²) in [6.07, 6.45) is 22.7. The van der Waals surface area contributed by atoms with Gasteiger partial charge in [0, 0.05) is 0 Å². The van der Waals surface area contributed by atoms with Gasteiger partial charge in [-0.15, -0.1) is 0 Å². The number of rotatable bonds is 22. The Balaban J connectivity index is 4.88. The zero-order chi connectivity index (χ0) is 20.9. The third-order valence-electron chi connectivity index (χ3n) is 6.10. The zero-order valence-electron chi connectivity index (χ0n) is 20.6. The summed E-state index contributed by atoms with van der Waals surface area (Å²) in [5.41, 5.74) is 0. The van der Waals surface area contributed by atoms with Crippen molar-refractivity contribution in [2.75, 3.05) is 26.2 Å². The highest BCUT2D eigenvalue weighted by molar-refractivity contribution is 4.75. The molecule has 28 heavy (non-hydrogen) atoms. The van der Waals surface area contributed by atoms with Crippen molar-refractivity contribution >= 4 is 0 Å². The molecule has 0 amide bonds. The average molecular weight is 397 g/mol. The summed E-state index contributed by atoms with van der Waals surface area (Å²) in [4.78, 5) is 5.74. The molecule has 0 heterocycles. The molecule has 170 valence electrons. The van der Waals surface area contributed by atoms with Crippen LogP contribution in [-0.4, -0.2) is 42.1 Å². The topological polar surface area (TPSA) is 6.48 Å². The Kier molecular flexibility index (Phi) is 21.6. The molecule has 0 spiro atoms. The Bertz CT molecular complexity index is 256. The minimum atomic E-state index is 0.687. The summed E-state index contributed by atoms with van der Waals surface area (Å²) in [5, 5.41) is 0. The van der Waals surface area contributed by atoms with Crippen LogP contribution in [0.4, 0.5) is 0 Å². The Hall–Kier alpha value is -0.0800. The monoisotopic (exact) mass is 396 g/mol. The summed E-state index contributed by atoms with van der Waals surface area (Å²) < 4.78 is 0. The third kappa shape index (κ3) is 14.9. The molecule has 2 nitrogen and oxygen atoms in total. The van der Waals surface area contributed by atoms with Gasteiger partial charge in [0.05, 0.1) is 6.17 Å². The molecule has 0 unspecified atom stereocenters. The van der Waals surface area contributed by atoms with E-state index in [1.165, 1.54) is 129 Å². The number of unbranched alkanes of at least 4 members (excludes halogenated alkanes) is 10. The Morgan fingerprint density at radius 1 is 0.393 bits per heavy atom. The van der Waals surface area contributed by atoms with Gasteiger partial charge in [0.15, 0.2) is 0 Å². The molecule has 0 rings (SSSR count). The predicted octanol–water partition coefficient (Wildman–Crippen LogP) is 8.26. The van der Waals surface area contributed by atoms with Gasteiger partial charge in [-0.05, 0) is 58.3 Å². The smallest absolute Gasteiger partial charge is 0.0622 e. The lowest BCUT2D eigenvalue weighted by Gasteiger charge is -2.40. The molecule has 0 aliphatic heterocycles. The largest absolute Gasteiger partial charge is 0.288 e. The maximum Gasteiger partial charge on any atom is 0.0622 e. The van der Waals surface area contributed by atoms with Crippen LogP contribution in [0.1, 0.15) is 137 Å². The van der Waals surface area contributed by atoms with Crippen molar-refractivity contribution in [1.29, 1.82) is 0 Å². The highest BCUT2D eigenvalue weighted by Gasteiger charge is 2.23. The van der Waals surface area contributed by atoms with Crippen LogP contribution in [0.15, 0.2) is 0 Å². The van der Waals surface area contributed by atoms with Crippen LogP contribution in [0.2, 0.25) is 0 Å². The molecule has 0 aromatic heterocycles. The van der Waals surface area contributed by atoms with Crippen LogP contribution in [0, 0.1) is 0 Å². The fourth-order valence-corrected chi connectivity index (χ4v) is 4.14. The quantitative estimate of drug-likeness (QED) is 0.134. The second kappa shape index (κ2) is 21.6. The van der Waals surface area contributed by atoms with Crippen molar-refractivity contribution in [3.05, 3.63) is 0 Å². The lowest BCUT2D eigenvalue weighted by molar-refractivity contribution is 0.0292. The minimum Gasteiger partial charge on any atom is -0.288 e. The summed E-state index contributed by atoms with van der Waals surface area (Å²) >= 11 is 0. The summed E-state index contributed by atoms with van der Waals surface area (Å²) in [7, 11) is 0. The predicted molar refractivity (Wildman–Crippen MR) is 129 cm³/mol. The van der Waals surface area contributed by atoms with Crippen LogP contribution >= 0.6 is 0 Å². The van der Waals surface area contributed by atoms with Gasteiger partial charge in [0.1, 0.15) is 0 Å². The Labute approximate surface area is 179 Å². The van der Waals surface area contributed by atoms with Crippen molar-refractivity contribution in [2.24, 2.45) is 0 Å². The second-order valence-corrected chi connectivity index (χ2v) is 8.88. The first-order chi connectivity index (χ1) is 13.7. The first-order valence-corrected chi connectivity index (χ1v) is 13.2. The van der Waals surface area contributed by atoms with E-state index < -0.39 is 0 Å². The number of nitrogens with zero attached hydrogens (tertiary/aromatic N) is 2. The van der Waals surface area contributed by atoms with Gasteiger partial charge in [0.2, 0.25) is 0 Å². The normalized spacial score (nSPS) is 12.0. The van der Waals surface area contributed by atoms with Crippen molar-refractivity contribution in [3.63, 3.8) is 0 Å². The average Bonchev–Trinajstić information content (AvgIpc) is 2.71. The van der Waals surface area contributed by atoms with Gasteiger partial charge < -0.3 is 0 Å². The molecular weight excluding hydrogens is 340 g/mol. The standard InChI is InChI=1S/C26H56N2/c1-6-11-16-17-18-19-20-21-26(27(22-12-7-2)23-13-8-3)28(24-14-9-4)25-15-10-5/h26H,6-25H2,1-5H3. The van der Waals surface area contributed by atoms with E-state index in [2.05, 4.69) is 44.4 Å². The van der Waals surface area contributed by atoms with Crippen molar-refractivity contribution in [1.82, 2.24) is 9.80 Å². The maximum atomic E-state index is 2.87. The third-order valence-corrected chi connectivity index (χ3v) is 6.10. The molecule has 0 saturated heterocycles. The zero-order valence-corrected chi connectivity index (χ0v) is 20.6. The summed E-state index contributed by atoms with van der Waals surface area (Å²) in [6.45, 7) is 16.9. The van der Waals surface area contributed by atoms with Gasteiger partial charge in [-0.25, -0.2) is 0 Å². The molecule has 0 fully saturated rings. The first kappa shape index (κ1) is 27.9. The molecular formula is C26H56N2. The van der Waals surface area contributed by atoms with E-state index in [9.17, 15) is 0 Å². The van der Waals surface area contributed by atoms with Gasteiger partial charge in [0.25, 0.3) is 0 Å². The van der Waals surface area contributed by atoms with Gasteiger partial charge in [-0.3, -0.25) is 9.80 Å². The highest BCUT2D eigenvalue weighted by Crippen LogP contribution is 2.19. The first-order valence-electron chi connectivity index (χ1n) is 13.2. The lowest BCUT2D eigenvalue weighted by Crippen LogP contribution is -2.50. The molecule has 0 aromatic carbocycles. The van der Waals surface area contributed by atoms with Crippen LogP contribution in [-0.2, 0) is 0 Å². The van der Waals surface area contributed by atoms with Crippen molar-refractivity contribution in [3.8, 4) is 0 Å². The molecule has 0 aliphatic rings. The fourth-order valence-electron chi connectivity index (χ4n) is 4.14. The highest BCUT2D eigenvalue weighted by atomic mass is 15.3. The van der Waals surface area contributed by atoms with E-state index in [0.717, 1.165) is 0 Å². The van der Waals surface area contributed by atoms with E-state index in [4.69, 9.17) is 0 Å². The van der Waals surface area contributed by atoms with Gasteiger partial charge in [-0.1, -0.05) is 105 Å². The van der Waals surface area contributed by atoms with Crippen molar-refractivity contribution in [2.45, 2.75) is 144 Å². The summed E-state index contributed by atoms with van der Waals surface area (Å²) in [5.74, 6) is 0. The minimum absolute atomic E-state index is 0.687. The second-order valence-electron chi connectivity index (χ2n) is 8.88. The van der Waals surface area contributed by atoms with E-state index in [1.807, 2.05) is 0 Å². The van der Waals surface area contributed by atoms with E-state index in [1.54, 1.807) is 0 Å². The Morgan fingerprint density at radius 2 is 0.714 bits per heavy atom. The molecule has 0 aromatic rings. The molecule has 0 bridgehead atoms. The fraction of sp³-hybridized carbons (Fsp3) is 1.00. The molecule has 0 atom stereocenters. The van der Waals surface area contributed by atoms with Crippen LogP contribution in [0.5, 0.6) is 0 Å². The molecule has 0 radical (unpaired) electrons. The number of hydrogen-bond acceptors (Lipinski definition) is 2. The van der Waals surface area contributed by atoms with Crippen LogP contribution in [0.3, 0.4) is 0 Å². The molecule has 0 N–H and O–H groups in total. The SMILES string of the molecule is CCCCCCCCCC(N(CCCC)CCCC)N(CCCC)CCCC. The number of hydrogen-bond donors (Lipinski definition) is 0. The summed E-state index contributed by atoms with van der Waals surface area (Å²) in [6, 6.07) is 0. The molecule has 0 aliphatic carbocycles. The van der Waals surface area contributed by atoms with Crippen LogP contribution < -0.4 is 0 Å². The lowest BCUT2D eigenvalue weighted by atomic mass is 10.1. The van der Waals surface area contributed by atoms with E-state index >= 15 is 0 Å². The van der Waals surface area contributed by atoms with E-state index in [0.29, 0.717) is 6.17 Å². The maximum absolute atomic E-state index is 2.87. The van der Waals surface area contributed by atoms with Crippen LogP contribution in [0.25, 0.3) is 0 Å². The molecule has 2 heteroatoms. The van der Waals surface area contributed by atoms with Gasteiger partial charge in [-0.2, -0.15) is 0 Å². The van der Waals surface area contributed by atoms with Crippen molar-refractivity contribution < 1.29 is 0 Å². The Morgan fingerprint density at radius 3 is 1.07 bits per heavy atom.